The molecule has 7 heteroatoms. The third-order valence-corrected chi connectivity index (χ3v) is 10.0. The van der Waals surface area contributed by atoms with Gasteiger partial charge in [-0.15, -0.1) is 0 Å². The monoisotopic (exact) mass is 474 g/mol. The highest BCUT2D eigenvalue weighted by Gasteiger charge is 2.68. The smallest absolute Gasteiger partial charge is 0.113 e. The topological polar surface area (TPSA) is 94.5 Å². The first-order chi connectivity index (χ1) is 16.7. The molecule has 7 rings (SSSR count). The molecule has 184 valence electrons. The number of aliphatic hydroxyl groups excluding tert-OH is 2. The Morgan fingerprint density at radius 2 is 1.94 bits per heavy atom. The first kappa shape index (κ1) is 21.9. The minimum absolute atomic E-state index is 0.0460. The number of hydrogen-bond donors (Lipinski definition) is 3. The van der Waals surface area contributed by atoms with E-state index in [-0.39, 0.29) is 17.1 Å². The van der Waals surface area contributed by atoms with Crippen molar-refractivity contribution in [2.75, 3.05) is 14.1 Å². The van der Waals surface area contributed by atoms with Crippen LogP contribution in [0.3, 0.4) is 0 Å². The normalized spacial score (nSPS) is 42.1. The van der Waals surface area contributed by atoms with E-state index < -0.39 is 17.8 Å². The van der Waals surface area contributed by atoms with Crippen LogP contribution in [0.1, 0.15) is 51.5 Å². The Hall–Kier alpha value is -2.32. The predicted octanol–water partition coefficient (Wildman–Crippen LogP) is 3.37. The second-order valence-electron chi connectivity index (χ2n) is 12.0. The SMILES string of the molecule is CC1=C2C=C3C(O)C(O)C(N(C)C)CC34CCC2(O4)C2CC=C(c3ccc4n[nH]nc4c3)C2(C)C1. The molecule has 3 aliphatic carbocycles. The number of hydrogen-bond acceptors (Lipinski definition) is 6. The third-order valence-electron chi connectivity index (χ3n) is 10.0. The van der Waals surface area contributed by atoms with Crippen LogP contribution < -0.4 is 0 Å². The molecule has 2 spiro atoms. The van der Waals surface area contributed by atoms with Crippen LogP contribution in [0.15, 0.2) is 47.1 Å². The second kappa shape index (κ2) is 6.91. The van der Waals surface area contributed by atoms with Crippen LogP contribution in [0, 0.1) is 11.3 Å². The zero-order valence-corrected chi connectivity index (χ0v) is 20.9. The molecule has 1 saturated carbocycles. The van der Waals surface area contributed by atoms with Crippen LogP contribution >= 0.6 is 0 Å². The minimum Gasteiger partial charge on any atom is -0.388 e. The van der Waals surface area contributed by atoms with Gasteiger partial charge in [0, 0.05) is 17.4 Å². The summed E-state index contributed by atoms with van der Waals surface area (Å²) < 4.78 is 7.29. The Morgan fingerprint density at radius 1 is 1.14 bits per heavy atom. The molecule has 5 aliphatic rings. The van der Waals surface area contributed by atoms with E-state index in [2.05, 4.69) is 53.5 Å². The predicted molar refractivity (Wildman–Crippen MR) is 133 cm³/mol. The number of aliphatic hydroxyl groups is 2. The van der Waals surface area contributed by atoms with Crippen LogP contribution in [0.5, 0.6) is 0 Å². The number of aromatic amines is 1. The quantitative estimate of drug-likeness (QED) is 0.618. The lowest BCUT2D eigenvalue weighted by molar-refractivity contribution is -0.162. The number of allylic oxidation sites excluding steroid dienone is 3. The van der Waals surface area contributed by atoms with Crippen molar-refractivity contribution in [2.24, 2.45) is 11.3 Å². The molecule has 7 atom stereocenters. The van der Waals surface area contributed by atoms with Crippen molar-refractivity contribution in [3.05, 3.63) is 52.6 Å². The summed E-state index contributed by atoms with van der Waals surface area (Å²) >= 11 is 0. The van der Waals surface area contributed by atoms with Crippen molar-refractivity contribution in [1.29, 1.82) is 0 Å². The maximum absolute atomic E-state index is 11.2. The lowest BCUT2D eigenvalue weighted by Crippen LogP contribution is -2.62. The minimum atomic E-state index is -0.896. The zero-order valence-electron chi connectivity index (χ0n) is 20.9. The molecule has 3 N–H and O–H groups in total. The Kier molecular flexibility index (Phi) is 4.33. The summed E-state index contributed by atoms with van der Waals surface area (Å²) in [4.78, 5) is 2.03. The van der Waals surface area contributed by atoms with Crippen LogP contribution in [0.4, 0.5) is 0 Å². The van der Waals surface area contributed by atoms with Crippen LogP contribution in [0.2, 0.25) is 0 Å². The fourth-order valence-electron chi connectivity index (χ4n) is 8.46. The Morgan fingerprint density at radius 3 is 2.74 bits per heavy atom. The number of H-pyrrole nitrogens is 1. The fraction of sp³-hybridized carbons (Fsp3) is 0.571. The van der Waals surface area contributed by atoms with E-state index in [1.807, 2.05) is 25.1 Å². The lowest BCUT2D eigenvalue weighted by Gasteiger charge is -2.56. The maximum Gasteiger partial charge on any atom is 0.113 e. The van der Waals surface area contributed by atoms with E-state index >= 15 is 0 Å². The summed E-state index contributed by atoms with van der Waals surface area (Å²) in [6.45, 7) is 4.64. The molecule has 1 saturated heterocycles. The number of rotatable bonds is 2. The van der Waals surface area contributed by atoms with E-state index in [9.17, 15) is 10.2 Å². The standard InChI is InChI=1S/C28H34N4O3/c1-15-13-26(2)17(16-5-7-20-21(11-16)30-31-29-20)6-8-23(26)28-10-9-27(35-28)14-22(32(3)4)25(34)24(33)19(27)12-18(15)28/h5-7,11-12,22-25,33-34H,8-10,13-14H2,1-4H3,(H,29,30,31). The Labute approximate surface area is 205 Å². The summed E-state index contributed by atoms with van der Waals surface area (Å²) in [5, 5.41) is 33.4. The molecular weight excluding hydrogens is 440 g/mol. The summed E-state index contributed by atoms with van der Waals surface area (Å²) in [7, 11) is 3.96. The van der Waals surface area contributed by atoms with Gasteiger partial charge in [0.15, 0.2) is 0 Å². The lowest BCUT2D eigenvalue weighted by atomic mass is 9.56. The van der Waals surface area contributed by atoms with Gasteiger partial charge in [-0.05, 0) is 87.5 Å². The average molecular weight is 475 g/mol. The van der Waals surface area contributed by atoms with Crippen LogP contribution in [-0.4, -0.2) is 74.1 Å². The van der Waals surface area contributed by atoms with Crippen molar-refractivity contribution in [2.45, 2.75) is 75.4 Å². The van der Waals surface area contributed by atoms with Gasteiger partial charge in [-0.2, -0.15) is 15.4 Å². The molecule has 1 aromatic carbocycles. The first-order valence-electron chi connectivity index (χ1n) is 12.9. The molecule has 35 heavy (non-hydrogen) atoms. The molecule has 2 bridgehead atoms. The van der Waals surface area contributed by atoms with E-state index in [0.717, 1.165) is 42.3 Å². The highest BCUT2D eigenvalue weighted by Crippen LogP contribution is 2.68. The van der Waals surface area contributed by atoms with Crippen LogP contribution in [0.25, 0.3) is 16.6 Å². The third kappa shape index (κ3) is 2.65. The van der Waals surface area contributed by atoms with E-state index in [0.29, 0.717) is 12.3 Å². The second-order valence-corrected chi connectivity index (χ2v) is 12.0. The summed E-state index contributed by atoms with van der Waals surface area (Å²) in [5.74, 6) is 0.329. The number of aromatic nitrogens is 3. The van der Waals surface area contributed by atoms with Crippen molar-refractivity contribution in [3.8, 4) is 0 Å². The van der Waals surface area contributed by atoms with Crippen molar-refractivity contribution in [3.63, 3.8) is 0 Å². The van der Waals surface area contributed by atoms with Gasteiger partial charge >= 0.3 is 0 Å². The number of likely N-dealkylation sites (N-methyl/N-ethyl adjacent to an activating group) is 1. The van der Waals surface area contributed by atoms with Gasteiger partial charge in [-0.3, -0.25) is 0 Å². The molecule has 1 aromatic heterocycles. The molecular formula is C28H34N4O3. The Bertz CT molecular complexity index is 1340. The molecule has 3 heterocycles. The van der Waals surface area contributed by atoms with E-state index in [1.165, 1.54) is 22.3 Å². The Balaban J connectivity index is 1.34. The zero-order chi connectivity index (χ0) is 24.3. The highest BCUT2D eigenvalue weighted by atomic mass is 16.5. The molecule has 2 fully saturated rings. The molecule has 2 aromatic rings. The van der Waals surface area contributed by atoms with E-state index in [4.69, 9.17) is 4.74 Å². The fourth-order valence-corrected chi connectivity index (χ4v) is 8.46. The first-order valence-corrected chi connectivity index (χ1v) is 12.9. The van der Waals surface area contributed by atoms with Gasteiger partial charge in [-0.1, -0.05) is 30.7 Å². The van der Waals surface area contributed by atoms with Crippen molar-refractivity contribution < 1.29 is 14.9 Å². The van der Waals surface area contributed by atoms with Gasteiger partial charge < -0.3 is 19.8 Å². The highest BCUT2D eigenvalue weighted by molar-refractivity contribution is 5.83. The number of nitrogens with one attached hydrogen (secondary N) is 1. The van der Waals surface area contributed by atoms with Gasteiger partial charge in [0.05, 0.1) is 17.3 Å². The van der Waals surface area contributed by atoms with Crippen molar-refractivity contribution >= 4 is 16.6 Å². The number of benzene rings is 1. The van der Waals surface area contributed by atoms with Crippen molar-refractivity contribution in [1.82, 2.24) is 20.3 Å². The van der Waals surface area contributed by atoms with Gasteiger partial charge in [-0.25, -0.2) is 0 Å². The largest absolute Gasteiger partial charge is 0.388 e. The van der Waals surface area contributed by atoms with Gasteiger partial charge in [0.2, 0.25) is 0 Å². The van der Waals surface area contributed by atoms with Gasteiger partial charge in [0.25, 0.3) is 0 Å². The van der Waals surface area contributed by atoms with E-state index in [1.54, 1.807) is 0 Å². The molecule has 0 radical (unpaired) electrons. The molecule has 2 aliphatic heterocycles. The maximum atomic E-state index is 11.2. The average Bonchev–Trinajstić information content (AvgIpc) is 3.50. The number of fused-ring (bicyclic) bond motifs is 2. The van der Waals surface area contributed by atoms with Crippen LogP contribution in [-0.2, 0) is 4.74 Å². The molecule has 0 amide bonds. The van der Waals surface area contributed by atoms with Gasteiger partial charge in [0.1, 0.15) is 17.1 Å². The summed E-state index contributed by atoms with van der Waals surface area (Å²) in [6, 6.07) is 6.24. The molecule has 7 unspecified atom stereocenters. The summed E-state index contributed by atoms with van der Waals surface area (Å²) in [6.07, 6.45) is 7.43. The number of ether oxygens (including phenoxy) is 1. The number of nitrogens with zero attached hydrogens (tertiary/aromatic N) is 3. The summed E-state index contributed by atoms with van der Waals surface area (Å²) in [5.41, 5.74) is 6.94. The molecule has 7 nitrogen and oxygen atoms in total.